The van der Waals surface area contributed by atoms with E-state index in [1.54, 1.807) is 0 Å². The van der Waals surface area contributed by atoms with E-state index in [1.165, 1.54) is 46.2 Å². The molecule has 0 spiro atoms. The number of fused-ring (bicyclic) bond motifs is 3. The second kappa shape index (κ2) is 15.2. The van der Waals surface area contributed by atoms with Crippen molar-refractivity contribution in [2.45, 2.75) is 91.9 Å². The molecule has 0 saturated heterocycles. The third-order valence-corrected chi connectivity index (χ3v) is 9.68. The molecule has 3 heterocycles. The van der Waals surface area contributed by atoms with Crippen LogP contribution < -0.4 is 4.74 Å². The third-order valence-electron chi connectivity index (χ3n) is 9.68. The number of pyridine rings is 1. The number of aromatic nitrogens is 4. The number of nitrogens with zero attached hydrogens (tertiary/aromatic N) is 4. The Bertz CT molecular complexity index is 2330. The van der Waals surface area contributed by atoms with Gasteiger partial charge in [0.25, 0.3) is 0 Å². The molecule has 0 aliphatic rings. The molecular weight excluding hydrogens is 820 g/mol. The van der Waals surface area contributed by atoms with E-state index in [1.807, 2.05) is 24.4 Å². The number of benzene rings is 4. The Morgan fingerprint density at radius 1 is 0.788 bits per heavy atom. The van der Waals surface area contributed by atoms with Crippen molar-refractivity contribution in [2.24, 2.45) is 0 Å². The van der Waals surface area contributed by atoms with Gasteiger partial charge in [-0.1, -0.05) is 110 Å². The average Bonchev–Trinajstić information content (AvgIpc) is 3.68. The van der Waals surface area contributed by atoms with Gasteiger partial charge in [0.05, 0.1) is 11.4 Å². The molecular formula is C46H48N4OPt. The summed E-state index contributed by atoms with van der Waals surface area (Å²) < 4.78 is 10.9. The van der Waals surface area contributed by atoms with Crippen LogP contribution in [-0.4, -0.2) is 19.3 Å². The first-order valence-electron chi connectivity index (χ1n) is 18.4. The van der Waals surface area contributed by atoms with Crippen molar-refractivity contribution in [3.63, 3.8) is 0 Å². The maximum Gasteiger partial charge on any atom is 2.00 e. The van der Waals surface area contributed by atoms with Gasteiger partial charge in [0, 0.05) is 28.8 Å². The van der Waals surface area contributed by atoms with Gasteiger partial charge in [-0.2, -0.15) is 17.2 Å². The summed E-state index contributed by atoms with van der Waals surface area (Å²) >= 11 is 0. The number of aryl methyl sites for hydroxylation is 1. The van der Waals surface area contributed by atoms with Crippen LogP contribution in [0.5, 0.6) is 11.5 Å². The third kappa shape index (κ3) is 7.26. The van der Waals surface area contributed by atoms with Gasteiger partial charge >= 0.3 is 21.1 Å². The zero-order valence-electron chi connectivity index (χ0n) is 31.5. The summed E-state index contributed by atoms with van der Waals surface area (Å²) in [6.45, 7) is 17.8. The van der Waals surface area contributed by atoms with Crippen LogP contribution in [-0.2, 0) is 32.9 Å². The summed E-state index contributed by atoms with van der Waals surface area (Å²) in [5.74, 6) is 2.60. The minimum atomic E-state index is -0.00951. The molecule has 0 radical (unpaired) electrons. The Labute approximate surface area is 323 Å². The van der Waals surface area contributed by atoms with Gasteiger partial charge < -0.3 is 9.30 Å². The fourth-order valence-corrected chi connectivity index (χ4v) is 7.02. The molecule has 0 fully saturated rings. The predicted octanol–water partition coefficient (Wildman–Crippen LogP) is 12.3. The van der Waals surface area contributed by atoms with E-state index in [4.69, 9.17) is 14.8 Å². The van der Waals surface area contributed by atoms with Crippen molar-refractivity contribution in [1.82, 2.24) is 19.3 Å². The Kier molecular flexibility index (Phi) is 10.9. The van der Waals surface area contributed by atoms with Crippen LogP contribution in [0.1, 0.15) is 103 Å². The van der Waals surface area contributed by atoms with Gasteiger partial charge in [0.1, 0.15) is 5.82 Å². The fraction of sp³-hybridized carbons (Fsp3) is 0.304. The Hall–Kier alpha value is -4.47. The number of rotatable bonds is 10. The van der Waals surface area contributed by atoms with Crippen LogP contribution in [0, 0.1) is 12.1 Å². The predicted molar refractivity (Wildman–Crippen MR) is 211 cm³/mol. The molecule has 0 aliphatic carbocycles. The minimum absolute atomic E-state index is 0. The topological polar surface area (TPSA) is 44.9 Å². The Balaban J connectivity index is 0.00000464. The molecule has 0 bridgehead atoms. The molecule has 7 rings (SSSR count). The van der Waals surface area contributed by atoms with Gasteiger partial charge in [-0.15, -0.1) is 35.7 Å². The molecule has 0 amide bonds. The fourth-order valence-electron chi connectivity index (χ4n) is 7.02. The first kappa shape index (κ1) is 37.3. The molecule has 0 saturated carbocycles. The van der Waals surface area contributed by atoms with E-state index in [9.17, 15) is 0 Å². The van der Waals surface area contributed by atoms with Gasteiger partial charge in [-0.05, 0) is 76.1 Å². The first-order chi connectivity index (χ1) is 24.5. The molecule has 0 N–H and O–H groups in total. The van der Waals surface area contributed by atoms with Crippen LogP contribution in [0.25, 0.3) is 44.4 Å². The SMILES string of the molecule is CCCCc1ccc2c(c1)c1ccc(Oc3[c-]c(-n4nc(C(C)C)c(-c5ccccc5)c4C(C)C)ccc3)[c-]c1n2-c1cc(C(C)(C)C)ccn1.[Pt+2]. The molecule has 4 aromatic carbocycles. The van der Waals surface area contributed by atoms with E-state index in [2.05, 4.69) is 150 Å². The van der Waals surface area contributed by atoms with Gasteiger partial charge in [-0.25, -0.2) is 4.98 Å². The first-order valence-corrected chi connectivity index (χ1v) is 18.4. The molecule has 268 valence electrons. The molecule has 7 aromatic rings. The van der Waals surface area contributed by atoms with Crippen LogP contribution in [0.2, 0.25) is 0 Å². The second-order valence-corrected chi connectivity index (χ2v) is 15.3. The summed E-state index contributed by atoms with van der Waals surface area (Å²) in [6.07, 6.45) is 5.32. The van der Waals surface area contributed by atoms with Crippen molar-refractivity contribution in [1.29, 1.82) is 0 Å². The van der Waals surface area contributed by atoms with Crippen LogP contribution >= 0.6 is 0 Å². The van der Waals surface area contributed by atoms with E-state index in [0.29, 0.717) is 11.5 Å². The standard InChI is InChI=1S/C46H48N4O.Pt/c1-9-10-15-32-20-23-40-39(26-32)38-22-21-37(29-41(38)49(40)42-27-34(24-25-47-42)46(6,7)8)51-36-19-14-18-35(28-36)50-45(31(4)5)43(44(48-50)30(2)3)33-16-12-11-13-17-33;/h11-14,16-27,30-31H,9-10,15H2,1-8H3;/q-2;+2. The Morgan fingerprint density at radius 3 is 2.27 bits per heavy atom. The smallest absolute Gasteiger partial charge is 0.509 e. The zero-order chi connectivity index (χ0) is 35.9. The van der Waals surface area contributed by atoms with Crippen LogP contribution in [0.3, 0.4) is 0 Å². The van der Waals surface area contributed by atoms with E-state index in [-0.39, 0.29) is 38.3 Å². The number of hydrogen-bond donors (Lipinski definition) is 0. The molecule has 52 heavy (non-hydrogen) atoms. The largest absolute Gasteiger partial charge is 2.00 e. The van der Waals surface area contributed by atoms with Gasteiger partial charge in [0.15, 0.2) is 0 Å². The number of hydrogen-bond acceptors (Lipinski definition) is 3. The van der Waals surface area contributed by atoms with Crippen molar-refractivity contribution in [3.8, 4) is 34.1 Å². The zero-order valence-corrected chi connectivity index (χ0v) is 33.8. The number of ether oxygens (including phenoxy) is 1. The van der Waals surface area contributed by atoms with E-state index >= 15 is 0 Å². The quantitative estimate of drug-likeness (QED) is 0.129. The summed E-state index contributed by atoms with van der Waals surface area (Å²) in [4.78, 5) is 4.88. The van der Waals surface area contributed by atoms with Crippen molar-refractivity contribution < 1.29 is 25.8 Å². The summed E-state index contributed by atoms with van der Waals surface area (Å²) in [5.41, 5.74) is 10.1. The summed E-state index contributed by atoms with van der Waals surface area (Å²) in [5, 5.41) is 7.53. The Morgan fingerprint density at radius 2 is 1.56 bits per heavy atom. The second-order valence-electron chi connectivity index (χ2n) is 15.3. The van der Waals surface area contributed by atoms with Crippen molar-refractivity contribution in [2.75, 3.05) is 0 Å². The molecule has 0 atom stereocenters. The molecule has 0 aliphatic heterocycles. The van der Waals surface area contributed by atoms with Crippen LogP contribution in [0.15, 0.2) is 97.2 Å². The average molecular weight is 868 g/mol. The normalized spacial score (nSPS) is 11.9. The number of unbranched alkanes of at least 4 members (excludes halogenated alkanes) is 1. The maximum absolute atomic E-state index is 6.57. The van der Waals surface area contributed by atoms with Crippen molar-refractivity contribution in [3.05, 3.63) is 132 Å². The minimum Gasteiger partial charge on any atom is -0.509 e. The monoisotopic (exact) mass is 867 g/mol. The molecule has 5 nitrogen and oxygen atoms in total. The molecule has 6 heteroatoms. The van der Waals surface area contributed by atoms with E-state index in [0.717, 1.165) is 40.0 Å². The molecule has 0 unspecified atom stereocenters. The van der Waals surface area contributed by atoms with Gasteiger partial charge in [0.2, 0.25) is 0 Å². The summed E-state index contributed by atoms with van der Waals surface area (Å²) in [6, 6.07) is 39.1. The maximum atomic E-state index is 6.57. The van der Waals surface area contributed by atoms with Crippen molar-refractivity contribution >= 4 is 21.8 Å². The van der Waals surface area contributed by atoms with Crippen LogP contribution in [0.4, 0.5) is 0 Å². The van der Waals surface area contributed by atoms with Gasteiger partial charge in [-0.3, -0.25) is 4.68 Å². The summed E-state index contributed by atoms with van der Waals surface area (Å²) in [7, 11) is 0. The van der Waals surface area contributed by atoms with E-state index < -0.39 is 0 Å². The molecule has 3 aromatic heterocycles.